The summed E-state index contributed by atoms with van der Waals surface area (Å²) < 4.78 is 5.25. The molecule has 0 saturated heterocycles. The highest BCUT2D eigenvalue weighted by molar-refractivity contribution is 5.71. The van der Waals surface area contributed by atoms with Crippen LogP contribution >= 0.6 is 0 Å². The summed E-state index contributed by atoms with van der Waals surface area (Å²) in [4.78, 5) is 22.8. The van der Waals surface area contributed by atoms with Crippen molar-refractivity contribution in [3.63, 3.8) is 0 Å². The Morgan fingerprint density at radius 2 is 1.84 bits per heavy atom. The zero-order valence-corrected chi connectivity index (χ0v) is 11.1. The fourth-order valence-corrected chi connectivity index (χ4v) is 1.23. The number of ether oxygens (including phenoxy) is 1. The summed E-state index contributed by atoms with van der Waals surface area (Å²) in [5, 5.41) is 8.38. The monoisotopic (exact) mass is 269 g/mol. The summed E-state index contributed by atoms with van der Waals surface area (Å²) in [6, 6.07) is -0.320. The molecule has 0 spiro atoms. The SMILES string of the molecule is CCNc1nc(NCCNC(N)=O)nc(OCC)n1. The first-order chi connectivity index (χ1) is 9.15. The molecule has 0 atom stereocenters. The van der Waals surface area contributed by atoms with E-state index in [1.54, 1.807) is 0 Å². The molecule has 0 aliphatic rings. The van der Waals surface area contributed by atoms with Crippen molar-refractivity contribution < 1.29 is 9.53 Å². The van der Waals surface area contributed by atoms with Crippen molar-refractivity contribution in [2.24, 2.45) is 5.73 Å². The van der Waals surface area contributed by atoms with Crippen LogP contribution in [0.3, 0.4) is 0 Å². The van der Waals surface area contributed by atoms with E-state index in [0.29, 0.717) is 38.1 Å². The lowest BCUT2D eigenvalue weighted by atomic mass is 10.6. The summed E-state index contributed by atoms with van der Waals surface area (Å²) in [6.45, 7) is 5.77. The first kappa shape index (κ1) is 14.7. The number of nitrogens with zero attached hydrogens (tertiary/aromatic N) is 3. The highest BCUT2D eigenvalue weighted by Crippen LogP contribution is 2.10. The minimum absolute atomic E-state index is 0.249. The van der Waals surface area contributed by atoms with E-state index < -0.39 is 6.03 Å². The topological polar surface area (TPSA) is 127 Å². The molecule has 0 fully saturated rings. The van der Waals surface area contributed by atoms with Gasteiger partial charge >= 0.3 is 12.0 Å². The molecular formula is C10H19N7O2. The Labute approximate surface area is 111 Å². The number of aromatic nitrogens is 3. The molecule has 9 heteroatoms. The van der Waals surface area contributed by atoms with Gasteiger partial charge in [0.2, 0.25) is 11.9 Å². The number of urea groups is 1. The maximum Gasteiger partial charge on any atom is 0.323 e. The molecule has 0 aliphatic heterocycles. The Morgan fingerprint density at radius 3 is 2.42 bits per heavy atom. The summed E-state index contributed by atoms with van der Waals surface area (Å²) in [7, 11) is 0. The number of hydrogen-bond acceptors (Lipinski definition) is 7. The average molecular weight is 269 g/mol. The van der Waals surface area contributed by atoms with E-state index in [4.69, 9.17) is 10.5 Å². The number of amides is 2. The number of hydrogen-bond donors (Lipinski definition) is 4. The maximum absolute atomic E-state index is 10.5. The molecule has 106 valence electrons. The minimum Gasteiger partial charge on any atom is -0.464 e. The van der Waals surface area contributed by atoms with Crippen LogP contribution in [0.5, 0.6) is 6.01 Å². The van der Waals surface area contributed by atoms with Crippen LogP contribution in [0.1, 0.15) is 13.8 Å². The zero-order chi connectivity index (χ0) is 14.1. The molecule has 1 heterocycles. The molecule has 19 heavy (non-hydrogen) atoms. The van der Waals surface area contributed by atoms with Crippen LogP contribution in [0.4, 0.5) is 16.7 Å². The largest absolute Gasteiger partial charge is 0.464 e. The number of nitrogens with two attached hydrogens (primary N) is 1. The van der Waals surface area contributed by atoms with Gasteiger partial charge in [-0.3, -0.25) is 0 Å². The van der Waals surface area contributed by atoms with Crippen LogP contribution in [0.25, 0.3) is 0 Å². The molecule has 1 aromatic heterocycles. The Balaban J connectivity index is 2.61. The molecule has 2 amide bonds. The minimum atomic E-state index is -0.569. The molecule has 1 aromatic rings. The Hall–Kier alpha value is -2.32. The van der Waals surface area contributed by atoms with E-state index in [-0.39, 0.29) is 6.01 Å². The quantitative estimate of drug-likeness (QED) is 0.480. The lowest BCUT2D eigenvalue weighted by molar-refractivity contribution is 0.249. The van der Waals surface area contributed by atoms with Crippen LogP contribution in [-0.2, 0) is 0 Å². The Kier molecular flexibility index (Phi) is 6.13. The van der Waals surface area contributed by atoms with Gasteiger partial charge in [-0.2, -0.15) is 15.0 Å². The normalized spacial score (nSPS) is 9.79. The van der Waals surface area contributed by atoms with Crippen LogP contribution in [0.15, 0.2) is 0 Å². The van der Waals surface area contributed by atoms with Gasteiger partial charge < -0.3 is 26.4 Å². The van der Waals surface area contributed by atoms with Crippen molar-refractivity contribution in [3.05, 3.63) is 0 Å². The van der Waals surface area contributed by atoms with Crippen molar-refractivity contribution in [1.29, 1.82) is 0 Å². The van der Waals surface area contributed by atoms with Gasteiger partial charge in [-0.05, 0) is 13.8 Å². The number of rotatable bonds is 8. The van der Waals surface area contributed by atoms with Gasteiger partial charge in [0.1, 0.15) is 0 Å². The second-order valence-electron chi connectivity index (χ2n) is 3.45. The molecule has 0 unspecified atom stereocenters. The summed E-state index contributed by atoms with van der Waals surface area (Å²) in [5.74, 6) is 0.812. The number of anilines is 2. The fraction of sp³-hybridized carbons (Fsp3) is 0.600. The van der Waals surface area contributed by atoms with Gasteiger partial charge in [-0.25, -0.2) is 4.79 Å². The number of nitrogens with one attached hydrogen (secondary N) is 3. The first-order valence-corrected chi connectivity index (χ1v) is 6.05. The second kappa shape index (κ2) is 7.90. The third-order valence-corrected chi connectivity index (χ3v) is 1.93. The predicted molar refractivity (Wildman–Crippen MR) is 71.2 cm³/mol. The fourth-order valence-electron chi connectivity index (χ4n) is 1.23. The number of primary amides is 1. The Bertz CT molecular complexity index is 389. The second-order valence-corrected chi connectivity index (χ2v) is 3.45. The van der Waals surface area contributed by atoms with E-state index in [0.717, 1.165) is 0 Å². The summed E-state index contributed by atoms with van der Waals surface area (Å²) in [5.41, 5.74) is 4.95. The zero-order valence-electron chi connectivity index (χ0n) is 11.1. The van der Waals surface area contributed by atoms with Gasteiger partial charge in [0, 0.05) is 19.6 Å². The van der Waals surface area contributed by atoms with E-state index in [2.05, 4.69) is 30.9 Å². The molecular weight excluding hydrogens is 250 g/mol. The van der Waals surface area contributed by atoms with Crippen molar-refractivity contribution in [2.75, 3.05) is 36.9 Å². The van der Waals surface area contributed by atoms with Crippen LogP contribution in [0.2, 0.25) is 0 Å². The van der Waals surface area contributed by atoms with E-state index in [1.165, 1.54) is 0 Å². The van der Waals surface area contributed by atoms with Crippen LogP contribution in [-0.4, -0.2) is 47.2 Å². The molecule has 5 N–H and O–H groups in total. The molecule has 1 rings (SSSR count). The standard InChI is InChI=1S/C10H19N7O2/c1-3-12-8-15-9(14-6-5-13-7(11)18)17-10(16-8)19-4-2/h3-6H2,1-2H3,(H3,11,13,18)(H2,12,14,15,16,17). The van der Waals surface area contributed by atoms with Gasteiger partial charge in [0.05, 0.1) is 6.61 Å². The van der Waals surface area contributed by atoms with Crippen molar-refractivity contribution >= 4 is 17.9 Å². The smallest absolute Gasteiger partial charge is 0.323 e. The van der Waals surface area contributed by atoms with Gasteiger partial charge in [-0.15, -0.1) is 0 Å². The molecule has 0 radical (unpaired) electrons. The highest BCUT2D eigenvalue weighted by atomic mass is 16.5. The molecule has 0 aromatic carbocycles. The predicted octanol–water partition coefficient (Wildman–Crippen LogP) is -0.218. The van der Waals surface area contributed by atoms with Crippen LogP contribution < -0.4 is 26.4 Å². The van der Waals surface area contributed by atoms with Gasteiger partial charge in [-0.1, -0.05) is 0 Å². The highest BCUT2D eigenvalue weighted by Gasteiger charge is 2.06. The third-order valence-electron chi connectivity index (χ3n) is 1.93. The summed E-state index contributed by atoms with van der Waals surface area (Å²) in [6.07, 6.45) is 0. The number of carbonyl (C=O) groups excluding carboxylic acids is 1. The van der Waals surface area contributed by atoms with Gasteiger partial charge in [0.15, 0.2) is 0 Å². The van der Waals surface area contributed by atoms with E-state index in [1.807, 2.05) is 13.8 Å². The molecule has 0 bridgehead atoms. The first-order valence-electron chi connectivity index (χ1n) is 6.05. The van der Waals surface area contributed by atoms with E-state index in [9.17, 15) is 4.79 Å². The van der Waals surface area contributed by atoms with Crippen molar-refractivity contribution in [1.82, 2.24) is 20.3 Å². The number of carbonyl (C=O) groups is 1. The van der Waals surface area contributed by atoms with Crippen LogP contribution in [0, 0.1) is 0 Å². The third kappa shape index (κ3) is 5.70. The summed E-state index contributed by atoms with van der Waals surface area (Å²) >= 11 is 0. The Morgan fingerprint density at radius 1 is 1.16 bits per heavy atom. The van der Waals surface area contributed by atoms with Gasteiger partial charge in [0.25, 0.3) is 0 Å². The van der Waals surface area contributed by atoms with Crippen molar-refractivity contribution in [3.8, 4) is 6.01 Å². The molecule has 9 nitrogen and oxygen atoms in total. The molecule has 0 aliphatic carbocycles. The average Bonchev–Trinajstić information content (AvgIpc) is 2.35. The maximum atomic E-state index is 10.5. The lowest BCUT2D eigenvalue weighted by Gasteiger charge is -2.09. The van der Waals surface area contributed by atoms with E-state index >= 15 is 0 Å². The lowest BCUT2D eigenvalue weighted by Crippen LogP contribution is -2.33. The molecule has 0 saturated carbocycles. The van der Waals surface area contributed by atoms with Crippen molar-refractivity contribution in [2.45, 2.75) is 13.8 Å².